The van der Waals surface area contributed by atoms with Crippen LogP contribution in [-0.2, 0) is 0 Å². The predicted molar refractivity (Wildman–Crippen MR) is 86.1 cm³/mol. The van der Waals surface area contributed by atoms with E-state index in [0.717, 1.165) is 21.8 Å². The van der Waals surface area contributed by atoms with Gasteiger partial charge >= 0.3 is 0 Å². The number of fused-ring (bicyclic) bond motifs is 6. The number of hydrogen-bond acceptors (Lipinski definition) is 3. The second kappa shape index (κ2) is 3.92. The summed E-state index contributed by atoms with van der Waals surface area (Å²) in [6, 6.07) is 15.3. The molecule has 5 nitrogen and oxygen atoms in total. The fourth-order valence-corrected chi connectivity index (χ4v) is 2.98. The maximum absolute atomic E-state index is 12.6. The van der Waals surface area contributed by atoms with E-state index in [1.54, 1.807) is 12.3 Å². The highest BCUT2D eigenvalue weighted by Crippen LogP contribution is 2.26. The predicted octanol–water partition coefficient (Wildman–Crippen LogP) is 2.88. The molecule has 0 saturated heterocycles. The van der Waals surface area contributed by atoms with Gasteiger partial charge in [0.15, 0.2) is 5.65 Å². The van der Waals surface area contributed by atoms with Gasteiger partial charge in [0.05, 0.1) is 22.6 Å². The van der Waals surface area contributed by atoms with Crippen LogP contribution in [0.3, 0.4) is 0 Å². The molecule has 0 fully saturated rings. The number of nitrogens with zero attached hydrogens (tertiary/aromatic N) is 3. The van der Waals surface area contributed by atoms with Crippen LogP contribution in [0.2, 0.25) is 0 Å². The standard InChI is InChI=1S/C17H10N4O/c22-17-11-6-2-4-8-14(11)20-16-15-12(9-18-21(16)17)10-5-1-3-7-13(10)19-15/h1-9,19H. The van der Waals surface area contributed by atoms with Crippen molar-refractivity contribution in [3.05, 3.63) is 65.1 Å². The van der Waals surface area contributed by atoms with Crippen molar-refractivity contribution in [3.8, 4) is 0 Å². The maximum Gasteiger partial charge on any atom is 0.282 e. The van der Waals surface area contributed by atoms with E-state index in [0.29, 0.717) is 16.6 Å². The van der Waals surface area contributed by atoms with E-state index in [9.17, 15) is 4.79 Å². The molecule has 2 aromatic carbocycles. The van der Waals surface area contributed by atoms with E-state index in [-0.39, 0.29) is 5.56 Å². The Morgan fingerprint density at radius 2 is 1.68 bits per heavy atom. The van der Waals surface area contributed by atoms with Crippen LogP contribution in [-0.4, -0.2) is 19.6 Å². The molecule has 3 heterocycles. The van der Waals surface area contributed by atoms with Gasteiger partial charge in [-0.25, -0.2) is 4.98 Å². The van der Waals surface area contributed by atoms with Gasteiger partial charge in [0.2, 0.25) is 0 Å². The van der Waals surface area contributed by atoms with Gasteiger partial charge in [-0.2, -0.15) is 9.61 Å². The minimum absolute atomic E-state index is 0.152. The SMILES string of the molecule is O=c1c2ccccc2nc2c3[nH]c4ccccc4c3cnn12. The third-order valence-corrected chi connectivity index (χ3v) is 4.03. The first-order valence-corrected chi connectivity index (χ1v) is 7.00. The normalized spacial score (nSPS) is 11.8. The minimum Gasteiger partial charge on any atom is -0.351 e. The van der Waals surface area contributed by atoms with Crippen LogP contribution in [0, 0.1) is 0 Å². The molecular formula is C17H10N4O. The quantitative estimate of drug-likeness (QED) is 0.445. The number of para-hydroxylation sites is 2. The van der Waals surface area contributed by atoms with Crippen molar-refractivity contribution in [2.24, 2.45) is 0 Å². The summed E-state index contributed by atoms with van der Waals surface area (Å²) >= 11 is 0. The smallest absolute Gasteiger partial charge is 0.282 e. The third-order valence-electron chi connectivity index (χ3n) is 4.03. The number of rotatable bonds is 0. The molecule has 0 aliphatic heterocycles. The van der Waals surface area contributed by atoms with Crippen LogP contribution in [0.1, 0.15) is 0 Å². The summed E-state index contributed by atoms with van der Waals surface area (Å²) in [6.07, 6.45) is 1.72. The lowest BCUT2D eigenvalue weighted by molar-refractivity contribution is 0.891. The van der Waals surface area contributed by atoms with Crippen LogP contribution in [0.15, 0.2) is 59.5 Å². The molecule has 5 aromatic rings. The second-order valence-electron chi connectivity index (χ2n) is 5.27. The molecule has 0 aliphatic rings. The highest BCUT2D eigenvalue weighted by atomic mass is 16.1. The zero-order chi connectivity index (χ0) is 14.7. The van der Waals surface area contributed by atoms with Crippen molar-refractivity contribution in [1.29, 1.82) is 0 Å². The Bertz CT molecular complexity index is 1250. The highest BCUT2D eigenvalue weighted by Gasteiger charge is 2.12. The lowest BCUT2D eigenvalue weighted by atomic mass is 10.2. The number of aromatic nitrogens is 4. The summed E-state index contributed by atoms with van der Waals surface area (Å²) in [6.45, 7) is 0. The first-order chi connectivity index (χ1) is 10.8. The van der Waals surface area contributed by atoms with E-state index in [1.807, 2.05) is 42.5 Å². The topological polar surface area (TPSA) is 63.0 Å². The molecule has 5 heteroatoms. The van der Waals surface area contributed by atoms with Crippen molar-refractivity contribution in [3.63, 3.8) is 0 Å². The van der Waals surface area contributed by atoms with E-state index in [4.69, 9.17) is 0 Å². The molecule has 5 rings (SSSR count). The molecular weight excluding hydrogens is 276 g/mol. The Morgan fingerprint density at radius 1 is 0.909 bits per heavy atom. The summed E-state index contributed by atoms with van der Waals surface area (Å²) in [5.41, 5.74) is 2.92. The molecule has 104 valence electrons. The second-order valence-corrected chi connectivity index (χ2v) is 5.27. The van der Waals surface area contributed by atoms with Gasteiger partial charge in [0, 0.05) is 16.3 Å². The van der Waals surface area contributed by atoms with Crippen LogP contribution >= 0.6 is 0 Å². The molecule has 0 amide bonds. The van der Waals surface area contributed by atoms with Crippen molar-refractivity contribution in [2.75, 3.05) is 0 Å². The first-order valence-electron chi connectivity index (χ1n) is 7.00. The fourth-order valence-electron chi connectivity index (χ4n) is 2.98. The van der Waals surface area contributed by atoms with Crippen molar-refractivity contribution in [2.45, 2.75) is 0 Å². The van der Waals surface area contributed by atoms with Gasteiger partial charge in [-0.1, -0.05) is 30.3 Å². The van der Waals surface area contributed by atoms with E-state index in [2.05, 4.69) is 15.1 Å². The zero-order valence-electron chi connectivity index (χ0n) is 11.4. The van der Waals surface area contributed by atoms with Crippen LogP contribution in [0.4, 0.5) is 0 Å². The molecule has 0 spiro atoms. The maximum atomic E-state index is 12.6. The Morgan fingerprint density at radius 3 is 2.59 bits per heavy atom. The van der Waals surface area contributed by atoms with E-state index in [1.165, 1.54) is 4.52 Å². The molecule has 0 radical (unpaired) electrons. The van der Waals surface area contributed by atoms with Crippen LogP contribution in [0.25, 0.3) is 38.4 Å². The average molecular weight is 286 g/mol. The van der Waals surface area contributed by atoms with E-state index < -0.39 is 0 Å². The summed E-state index contributed by atoms with van der Waals surface area (Å²) in [5, 5.41) is 6.92. The number of H-pyrrole nitrogens is 1. The molecule has 0 bridgehead atoms. The Labute approximate surface area is 123 Å². The molecule has 0 saturated carbocycles. The van der Waals surface area contributed by atoms with Crippen LogP contribution < -0.4 is 5.56 Å². The number of aromatic amines is 1. The summed E-state index contributed by atoms with van der Waals surface area (Å²) < 4.78 is 1.36. The van der Waals surface area contributed by atoms with E-state index >= 15 is 0 Å². The van der Waals surface area contributed by atoms with Gasteiger partial charge in [0.1, 0.15) is 0 Å². The lowest BCUT2D eigenvalue weighted by Crippen LogP contribution is -2.17. The summed E-state index contributed by atoms with van der Waals surface area (Å²) in [4.78, 5) is 20.6. The van der Waals surface area contributed by atoms with Crippen molar-refractivity contribution in [1.82, 2.24) is 19.6 Å². The Balaban J connectivity index is 2.10. The van der Waals surface area contributed by atoms with Gasteiger partial charge in [0.25, 0.3) is 5.56 Å². The molecule has 22 heavy (non-hydrogen) atoms. The molecule has 3 aromatic heterocycles. The minimum atomic E-state index is -0.152. The average Bonchev–Trinajstić information content (AvgIpc) is 2.94. The molecule has 0 aliphatic carbocycles. The van der Waals surface area contributed by atoms with Gasteiger partial charge in [-0.15, -0.1) is 0 Å². The first kappa shape index (κ1) is 11.4. The molecule has 0 atom stereocenters. The van der Waals surface area contributed by atoms with Gasteiger partial charge in [-0.3, -0.25) is 4.79 Å². The Hall–Kier alpha value is -3.21. The fraction of sp³-hybridized carbons (Fsp3) is 0. The Kier molecular flexibility index (Phi) is 2.04. The highest BCUT2D eigenvalue weighted by molar-refractivity contribution is 6.11. The zero-order valence-corrected chi connectivity index (χ0v) is 11.4. The van der Waals surface area contributed by atoms with Crippen molar-refractivity contribution < 1.29 is 0 Å². The largest absolute Gasteiger partial charge is 0.351 e. The molecule has 1 N–H and O–H groups in total. The number of hydrogen-bond donors (Lipinski definition) is 1. The summed E-state index contributed by atoms with van der Waals surface area (Å²) in [7, 11) is 0. The van der Waals surface area contributed by atoms with Gasteiger partial charge in [-0.05, 0) is 18.2 Å². The lowest BCUT2D eigenvalue weighted by Gasteiger charge is -2.02. The van der Waals surface area contributed by atoms with Crippen LogP contribution in [0.5, 0.6) is 0 Å². The summed E-state index contributed by atoms with van der Waals surface area (Å²) in [5.74, 6) is 0. The number of benzene rings is 2. The van der Waals surface area contributed by atoms with Gasteiger partial charge < -0.3 is 4.98 Å². The number of nitrogens with one attached hydrogen (secondary N) is 1. The monoisotopic (exact) mass is 286 g/mol. The molecule has 0 unspecified atom stereocenters. The third kappa shape index (κ3) is 1.34. The van der Waals surface area contributed by atoms with Crippen molar-refractivity contribution >= 4 is 38.4 Å².